The summed E-state index contributed by atoms with van der Waals surface area (Å²) in [5.41, 5.74) is 1.19. The molecule has 2 aliphatic heterocycles. The number of ether oxygens (including phenoxy) is 2. The maximum atomic E-state index is 12.5. The number of hydrogen-bond donors (Lipinski definition) is 1. The minimum atomic E-state index is -0.497. The van der Waals surface area contributed by atoms with Gasteiger partial charge < -0.3 is 14.8 Å². The van der Waals surface area contributed by atoms with Crippen molar-refractivity contribution in [3.05, 3.63) is 58.1 Å². The first kappa shape index (κ1) is 18.2. The number of carbonyl (C=O) groups excluding carboxylic acids is 1. The van der Waals surface area contributed by atoms with Gasteiger partial charge in [-0.2, -0.15) is 0 Å². The number of nitro benzene ring substituents is 1. The van der Waals surface area contributed by atoms with Gasteiger partial charge >= 0.3 is 0 Å². The fourth-order valence-corrected chi connectivity index (χ4v) is 3.77. The lowest BCUT2D eigenvalue weighted by Gasteiger charge is -2.26. The zero-order chi connectivity index (χ0) is 19.5. The summed E-state index contributed by atoms with van der Waals surface area (Å²) in [4.78, 5) is 25.3. The van der Waals surface area contributed by atoms with E-state index in [1.54, 1.807) is 12.1 Å². The summed E-state index contributed by atoms with van der Waals surface area (Å²) in [6, 6.07) is 12.2. The van der Waals surface area contributed by atoms with Gasteiger partial charge in [-0.15, -0.1) is 0 Å². The number of nitro groups is 1. The number of nitrogens with one attached hydrogen (secondary N) is 1. The minimum absolute atomic E-state index is 0.104. The summed E-state index contributed by atoms with van der Waals surface area (Å²) in [5, 5.41) is 13.8. The van der Waals surface area contributed by atoms with Gasteiger partial charge in [0.15, 0.2) is 11.5 Å². The molecule has 2 aromatic rings. The van der Waals surface area contributed by atoms with E-state index in [0.717, 1.165) is 36.4 Å². The molecule has 1 amide bonds. The molecule has 8 nitrogen and oxygen atoms in total. The molecule has 1 atom stereocenters. The summed E-state index contributed by atoms with van der Waals surface area (Å²) in [5.74, 6) is 1.22. The van der Waals surface area contributed by atoms with E-state index < -0.39 is 4.92 Å². The van der Waals surface area contributed by atoms with E-state index in [9.17, 15) is 14.9 Å². The molecule has 2 aromatic carbocycles. The van der Waals surface area contributed by atoms with Crippen molar-refractivity contribution in [2.24, 2.45) is 0 Å². The second kappa shape index (κ2) is 7.85. The van der Waals surface area contributed by atoms with Gasteiger partial charge in [0.25, 0.3) is 5.69 Å². The lowest BCUT2D eigenvalue weighted by molar-refractivity contribution is -0.383. The van der Waals surface area contributed by atoms with Crippen molar-refractivity contribution in [2.75, 3.05) is 31.6 Å². The molecule has 0 spiro atoms. The van der Waals surface area contributed by atoms with Crippen molar-refractivity contribution in [1.29, 1.82) is 0 Å². The Morgan fingerprint density at radius 3 is 2.79 bits per heavy atom. The molecule has 2 heterocycles. The lowest BCUT2D eigenvalue weighted by atomic mass is 10.0. The molecular weight excluding hydrogens is 362 g/mol. The molecular formula is C20H21N3O5. The van der Waals surface area contributed by atoms with Gasteiger partial charge in [-0.3, -0.25) is 19.8 Å². The number of amides is 1. The molecule has 1 N–H and O–H groups in total. The molecule has 146 valence electrons. The highest BCUT2D eigenvalue weighted by molar-refractivity contribution is 5.94. The largest absolute Gasteiger partial charge is 0.486 e. The number of rotatable bonds is 5. The highest BCUT2D eigenvalue weighted by Gasteiger charge is 2.29. The highest BCUT2D eigenvalue weighted by atomic mass is 16.6. The minimum Gasteiger partial charge on any atom is -0.486 e. The van der Waals surface area contributed by atoms with Gasteiger partial charge in [-0.05, 0) is 43.1 Å². The summed E-state index contributed by atoms with van der Waals surface area (Å²) >= 11 is 0. The van der Waals surface area contributed by atoms with Gasteiger partial charge in [0.2, 0.25) is 5.91 Å². The molecule has 4 rings (SSSR count). The van der Waals surface area contributed by atoms with E-state index >= 15 is 0 Å². The number of likely N-dealkylation sites (tertiary alicyclic amines) is 1. The van der Waals surface area contributed by atoms with Gasteiger partial charge in [0.1, 0.15) is 18.9 Å². The van der Waals surface area contributed by atoms with Crippen molar-refractivity contribution < 1.29 is 19.2 Å². The summed E-state index contributed by atoms with van der Waals surface area (Å²) in [7, 11) is 0. The first-order chi connectivity index (χ1) is 13.6. The number of para-hydroxylation sites is 2. The summed E-state index contributed by atoms with van der Waals surface area (Å²) < 4.78 is 11.2. The van der Waals surface area contributed by atoms with Crippen LogP contribution >= 0.6 is 0 Å². The Labute approximate surface area is 162 Å². The summed E-state index contributed by atoms with van der Waals surface area (Å²) in [6.45, 7) is 2.05. The van der Waals surface area contributed by atoms with Crippen LogP contribution in [0.3, 0.4) is 0 Å². The molecule has 0 radical (unpaired) electrons. The van der Waals surface area contributed by atoms with Gasteiger partial charge in [-0.25, -0.2) is 0 Å². The Morgan fingerprint density at radius 2 is 1.96 bits per heavy atom. The van der Waals surface area contributed by atoms with Gasteiger partial charge in [-0.1, -0.05) is 18.2 Å². The van der Waals surface area contributed by atoms with E-state index in [1.165, 1.54) is 12.1 Å². The first-order valence-corrected chi connectivity index (χ1v) is 9.28. The Balaban J connectivity index is 1.46. The van der Waals surface area contributed by atoms with Crippen LogP contribution in [0, 0.1) is 10.1 Å². The summed E-state index contributed by atoms with van der Waals surface area (Å²) in [6.07, 6.45) is 1.93. The Kier molecular flexibility index (Phi) is 5.12. The molecule has 0 saturated carbocycles. The van der Waals surface area contributed by atoms with E-state index in [4.69, 9.17) is 9.47 Å². The van der Waals surface area contributed by atoms with Crippen LogP contribution in [0.25, 0.3) is 0 Å². The molecule has 0 aliphatic carbocycles. The Morgan fingerprint density at radius 1 is 1.18 bits per heavy atom. The second-order valence-corrected chi connectivity index (χ2v) is 6.85. The number of anilines is 1. The molecule has 2 aliphatic rings. The second-order valence-electron chi connectivity index (χ2n) is 6.85. The molecule has 28 heavy (non-hydrogen) atoms. The molecule has 0 bridgehead atoms. The van der Waals surface area contributed by atoms with Crippen LogP contribution in [0.2, 0.25) is 0 Å². The number of hydrogen-bond acceptors (Lipinski definition) is 6. The number of carbonyl (C=O) groups is 1. The third-order valence-electron chi connectivity index (χ3n) is 5.04. The fourth-order valence-electron chi connectivity index (χ4n) is 3.77. The SMILES string of the molecule is O=C(CN1CCCC1c1ccc2c(c1)OCCO2)Nc1ccccc1[N+](=O)[O-]. The van der Waals surface area contributed by atoms with E-state index in [0.29, 0.717) is 13.2 Å². The predicted molar refractivity (Wildman–Crippen MR) is 103 cm³/mol. The van der Waals surface area contributed by atoms with Crippen LogP contribution in [0.15, 0.2) is 42.5 Å². The Bertz CT molecular complexity index is 901. The van der Waals surface area contributed by atoms with Crippen LogP contribution in [0.1, 0.15) is 24.4 Å². The fraction of sp³-hybridized carbons (Fsp3) is 0.350. The van der Waals surface area contributed by atoms with Crippen molar-refractivity contribution in [3.8, 4) is 11.5 Å². The van der Waals surface area contributed by atoms with Crippen LogP contribution in [-0.4, -0.2) is 42.0 Å². The topological polar surface area (TPSA) is 93.9 Å². The normalized spacial score (nSPS) is 18.6. The maximum absolute atomic E-state index is 12.5. The average molecular weight is 383 g/mol. The quantitative estimate of drug-likeness (QED) is 0.630. The molecule has 8 heteroatoms. The first-order valence-electron chi connectivity index (χ1n) is 9.28. The monoisotopic (exact) mass is 383 g/mol. The molecule has 1 fully saturated rings. The highest BCUT2D eigenvalue weighted by Crippen LogP contribution is 2.38. The van der Waals surface area contributed by atoms with E-state index in [1.807, 2.05) is 18.2 Å². The maximum Gasteiger partial charge on any atom is 0.292 e. The van der Waals surface area contributed by atoms with Gasteiger partial charge in [0.05, 0.1) is 11.5 Å². The molecule has 1 saturated heterocycles. The standard InChI is InChI=1S/C20H21N3O5/c24-20(21-15-4-1-2-5-17(15)23(25)26)13-22-9-3-6-16(22)14-7-8-18-19(12-14)28-11-10-27-18/h1-2,4-5,7-8,12,16H,3,6,9-11,13H2,(H,21,24). The Hall–Kier alpha value is -3.13. The van der Waals surface area contributed by atoms with Crippen molar-refractivity contribution in [2.45, 2.75) is 18.9 Å². The van der Waals surface area contributed by atoms with Gasteiger partial charge in [0, 0.05) is 12.1 Å². The lowest BCUT2D eigenvalue weighted by Crippen LogP contribution is -2.33. The zero-order valence-electron chi connectivity index (χ0n) is 15.3. The van der Waals surface area contributed by atoms with E-state index in [2.05, 4.69) is 10.2 Å². The van der Waals surface area contributed by atoms with Crippen molar-refractivity contribution >= 4 is 17.3 Å². The van der Waals surface area contributed by atoms with Crippen molar-refractivity contribution in [1.82, 2.24) is 4.90 Å². The third kappa shape index (κ3) is 3.77. The van der Waals surface area contributed by atoms with Crippen LogP contribution in [-0.2, 0) is 4.79 Å². The third-order valence-corrected chi connectivity index (χ3v) is 5.04. The zero-order valence-corrected chi connectivity index (χ0v) is 15.3. The van der Waals surface area contributed by atoms with Crippen LogP contribution in [0.4, 0.5) is 11.4 Å². The predicted octanol–water partition coefficient (Wildman–Crippen LogP) is 3.14. The van der Waals surface area contributed by atoms with E-state index in [-0.39, 0.29) is 29.9 Å². The smallest absolute Gasteiger partial charge is 0.292 e. The number of fused-ring (bicyclic) bond motifs is 1. The van der Waals surface area contributed by atoms with Crippen LogP contribution < -0.4 is 14.8 Å². The van der Waals surface area contributed by atoms with Crippen molar-refractivity contribution in [3.63, 3.8) is 0 Å². The average Bonchev–Trinajstić information content (AvgIpc) is 3.15. The molecule has 1 unspecified atom stereocenters. The number of nitrogens with zero attached hydrogens (tertiary/aromatic N) is 2. The van der Waals surface area contributed by atoms with Crippen LogP contribution in [0.5, 0.6) is 11.5 Å². The number of benzene rings is 2. The molecule has 0 aromatic heterocycles.